The predicted molar refractivity (Wildman–Crippen MR) is 133 cm³/mol. The lowest BCUT2D eigenvalue weighted by atomic mass is 9.83. The third kappa shape index (κ3) is 5.96. The monoisotopic (exact) mass is 425 g/mol. The van der Waals surface area contributed by atoms with E-state index in [2.05, 4.69) is 97.2 Å². The van der Waals surface area contributed by atoms with E-state index in [0.717, 1.165) is 55.1 Å². The second kappa shape index (κ2) is 9.97. The maximum absolute atomic E-state index is 4.94. The minimum atomic E-state index is -0.107. The molecule has 1 aromatic heterocycles. The number of rotatable bonds is 11. The van der Waals surface area contributed by atoms with Crippen LogP contribution in [-0.2, 0) is 10.8 Å². The fraction of sp³-hybridized carbons (Fsp3) is 0.654. The number of nitrogens with zero attached hydrogens (tertiary/aromatic N) is 3. The molecule has 2 aromatic rings. The molecule has 1 heterocycles. The minimum Gasteiger partial charge on any atom is -0.380 e. The van der Waals surface area contributed by atoms with Gasteiger partial charge in [-0.3, -0.25) is 0 Å². The molecule has 2 rings (SSSR count). The van der Waals surface area contributed by atoms with Crippen molar-refractivity contribution in [2.75, 3.05) is 10.6 Å². The highest BCUT2D eigenvalue weighted by molar-refractivity contribution is 5.61. The number of hydrogen-bond acceptors (Lipinski definition) is 5. The van der Waals surface area contributed by atoms with Gasteiger partial charge in [0, 0.05) is 27.7 Å². The molecule has 172 valence electrons. The summed E-state index contributed by atoms with van der Waals surface area (Å²) in [5, 5.41) is 7.15. The summed E-state index contributed by atoms with van der Waals surface area (Å²) in [7, 11) is 0. The van der Waals surface area contributed by atoms with Crippen LogP contribution in [0.4, 0.5) is 17.3 Å². The van der Waals surface area contributed by atoms with Crippen molar-refractivity contribution < 1.29 is 0 Å². The summed E-state index contributed by atoms with van der Waals surface area (Å²) < 4.78 is 0. The molecule has 0 aliphatic heterocycles. The van der Waals surface area contributed by atoms with Crippen molar-refractivity contribution in [2.45, 2.75) is 111 Å². The van der Waals surface area contributed by atoms with Gasteiger partial charge in [0.2, 0.25) is 5.95 Å². The SMILES string of the molecule is CCC(C)(CC)Nc1cccc(Nc2nc(C(C)(C)CC)nc(C(C)(CC)CC)n2)c1. The Labute approximate surface area is 189 Å². The molecule has 0 bridgehead atoms. The summed E-state index contributed by atoms with van der Waals surface area (Å²) in [5.74, 6) is 2.36. The first kappa shape index (κ1) is 25.1. The van der Waals surface area contributed by atoms with Crippen LogP contribution in [0.25, 0.3) is 0 Å². The number of hydrogen-bond donors (Lipinski definition) is 2. The van der Waals surface area contributed by atoms with Gasteiger partial charge in [0.25, 0.3) is 0 Å². The highest BCUT2D eigenvalue weighted by Crippen LogP contribution is 2.32. The number of benzene rings is 1. The van der Waals surface area contributed by atoms with Gasteiger partial charge in [-0.1, -0.05) is 61.5 Å². The summed E-state index contributed by atoms with van der Waals surface area (Å²) >= 11 is 0. The van der Waals surface area contributed by atoms with E-state index in [1.54, 1.807) is 0 Å². The van der Waals surface area contributed by atoms with E-state index >= 15 is 0 Å². The Morgan fingerprint density at radius 3 is 1.84 bits per heavy atom. The molecule has 0 unspecified atom stereocenters. The van der Waals surface area contributed by atoms with Gasteiger partial charge in [0.05, 0.1) is 0 Å². The predicted octanol–water partition coefficient (Wildman–Crippen LogP) is 7.37. The summed E-state index contributed by atoms with van der Waals surface area (Å²) in [6, 6.07) is 8.38. The molecule has 2 N–H and O–H groups in total. The van der Waals surface area contributed by atoms with Crippen molar-refractivity contribution in [3.63, 3.8) is 0 Å². The lowest BCUT2D eigenvalue weighted by Crippen LogP contribution is -2.32. The normalized spacial score (nSPS) is 12.7. The standard InChI is InChI=1S/C26H43N5/c1-10-24(6,7)21-28-22(25(8,11-2)12-3)30-23(29-21)27-19-16-15-17-20(18-19)31-26(9,13-4)14-5/h15-18,31H,10-14H2,1-9H3,(H,27,28,29,30). The highest BCUT2D eigenvalue weighted by Gasteiger charge is 2.30. The maximum Gasteiger partial charge on any atom is 0.230 e. The Morgan fingerprint density at radius 2 is 1.29 bits per heavy atom. The van der Waals surface area contributed by atoms with Gasteiger partial charge in [0.1, 0.15) is 11.6 Å². The molecule has 31 heavy (non-hydrogen) atoms. The molecular weight excluding hydrogens is 382 g/mol. The first-order valence-electron chi connectivity index (χ1n) is 12.0. The molecule has 0 spiro atoms. The van der Waals surface area contributed by atoms with Crippen LogP contribution >= 0.6 is 0 Å². The van der Waals surface area contributed by atoms with E-state index in [1.807, 2.05) is 0 Å². The van der Waals surface area contributed by atoms with Crippen molar-refractivity contribution >= 4 is 17.3 Å². The zero-order valence-corrected chi connectivity index (χ0v) is 21.2. The van der Waals surface area contributed by atoms with Crippen molar-refractivity contribution in [3.05, 3.63) is 35.9 Å². The zero-order valence-electron chi connectivity index (χ0n) is 21.2. The van der Waals surface area contributed by atoms with Crippen LogP contribution in [0.1, 0.15) is 106 Å². The van der Waals surface area contributed by atoms with Crippen LogP contribution in [-0.4, -0.2) is 20.5 Å². The topological polar surface area (TPSA) is 62.7 Å². The second-order valence-electron chi connectivity index (χ2n) is 9.91. The summed E-state index contributed by atoms with van der Waals surface area (Å²) in [6.45, 7) is 20.0. The molecule has 0 saturated heterocycles. The van der Waals surface area contributed by atoms with Crippen molar-refractivity contribution in [3.8, 4) is 0 Å². The number of aromatic nitrogens is 3. The van der Waals surface area contributed by atoms with E-state index in [0.29, 0.717) is 5.95 Å². The molecule has 0 fully saturated rings. The average Bonchev–Trinajstić information content (AvgIpc) is 2.78. The smallest absolute Gasteiger partial charge is 0.230 e. The molecule has 5 nitrogen and oxygen atoms in total. The molecule has 0 radical (unpaired) electrons. The van der Waals surface area contributed by atoms with E-state index in [4.69, 9.17) is 15.0 Å². The molecule has 0 amide bonds. The number of anilines is 3. The van der Waals surface area contributed by atoms with Crippen LogP contribution in [0.3, 0.4) is 0 Å². The van der Waals surface area contributed by atoms with Gasteiger partial charge in [0.15, 0.2) is 0 Å². The molecule has 0 saturated carbocycles. The Morgan fingerprint density at radius 1 is 0.710 bits per heavy atom. The molecule has 5 heteroatoms. The van der Waals surface area contributed by atoms with E-state index < -0.39 is 0 Å². The summed E-state index contributed by atoms with van der Waals surface area (Å²) in [5.41, 5.74) is 2.00. The van der Waals surface area contributed by atoms with Crippen molar-refractivity contribution in [2.24, 2.45) is 0 Å². The fourth-order valence-electron chi connectivity index (χ4n) is 3.31. The van der Waals surface area contributed by atoms with Crippen molar-refractivity contribution in [1.82, 2.24) is 15.0 Å². The molecule has 0 atom stereocenters. The minimum absolute atomic E-state index is 0.0641. The molecular formula is C26H43N5. The quantitative estimate of drug-likeness (QED) is 0.393. The zero-order chi connectivity index (χ0) is 23.3. The Kier molecular flexibility index (Phi) is 8.07. The third-order valence-electron chi connectivity index (χ3n) is 7.35. The molecule has 0 aliphatic rings. The van der Waals surface area contributed by atoms with Crippen LogP contribution in [0.2, 0.25) is 0 Å². The van der Waals surface area contributed by atoms with E-state index in [1.165, 1.54) is 0 Å². The fourth-order valence-corrected chi connectivity index (χ4v) is 3.31. The van der Waals surface area contributed by atoms with E-state index in [9.17, 15) is 0 Å². The highest BCUT2D eigenvalue weighted by atomic mass is 15.2. The lowest BCUT2D eigenvalue weighted by Gasteiger charge is -2.30. The van der Waals surface area contributed by atoms with Crippen molar-refractivity contribution in [1.29, 1.82) is 0 Å². The Hall–Kier alpha value is -2.17. The Bertz CT molecular complexity index is 851. The summed E-state index contributed by atoms with van der Waals surface area (Å²) in [4.78, 5) is 14.7. The molecule has 1 aromatic carbocycles. The van der Waals surface area contributed by atoms with Gasteiger partial charge in [-0.2, -0.15) is 9.97 Å². The Balaban J connectivity index is 2.45. The van der Waals surface area contributed by atoms with Gasteiger partial charge in [-0.05, 0) is 57.2 Å². The van der Waals surface area contributed by atoms with Gasteiger partial charge >= 0.3 is 0 Å². The summed E-state index contributed by atoms with van der Waals surface area (Å²) in [6.07, 6.45) is 5.09. The van der Waals surface area contributed by atoms with Gasteiger partial charge < -0.3 is 10.6 Å². The number of nitrogens with one attached hydrogen (secondary N) is 2. The lowest BCUT2D eigenvalue weighted by molar-refractivity contribution is 0.396. The first-order chi connectivity index (χ1) is 14.5. The van der Waals surface area contributed by atoms with Gasteiger partial charge in [-0.15, -0.1) is 0 Å². The molecule has 0 aliphatic carbocycles. The average molecular weight is 426 g/mol. The largest absolute Gasteiger partial charge is 0.380 e. The maximum atomic E-state index is 4.94. The van der Waals surface area contributed by atoms with Crippen LogP contribution < -0.4 is 10.6 Å². The van der Waals surface area contributed by atoms with Gasteiger partial charge in [-0.25, -0.2) is 4.98 Å². The van der Waals surface area contributed by atoms with Crippen LogP contribution in [0, 0.1) is 0 Å². The second-order valence-corrected chi connectivity index (χ2v) is 9.91. The third-order valence-corrected chi connectivity index (χ3v) is 7.35. The van der Waals surface area contributed by atoms with E-state index in [-0.39, 0.29) is 16.4 Å². The van der Waals surface area contributed by atoms with Crippen LogP contribution in [0.15, 0.2) is 24.3 Å². The van der Waals surface area contributed by atoms with Crippen LogP contribution in [0.5, 0.6) is 0 Å². The first-order valence-corrected chi connectivity index (χ1v) is 12.0.